The molecule has 1 N–H and O–H groups in total. The van der Waals surface area contributed by atoms with E-state index in [1.54, 1.807) is 60.7 Å². The quantitative estimate of drug-likeness (QED) is 0.563. The molecular formula is C25H17ClFNO3. The molecule has 0 radical (unpaired) electrons. The Labute approximate surface area is 183 Å². The van der Waals surface area contributed by atoms with Crippen molar-refractivity contribution >= 4 is 29.0 Å². The second-order valence-electron chi connectivity index (χ2n) is 7.17. The number of Topliss-reactive ketones (excluding diaryl/α,β-unsaturated/α-hetero) is 3. The van der Waals surface area contributed by atoms with Crippen molar-refractivity contribution in [1.29, 1.82) is 0 Å². The summed E-state index contributed by atoms with van der Waals surface area (Å²) in [6, 6.07) is 19.3. The number of allylic oxidation sites excluding steroid dienone is 2. The first-order valence-corrected chi connectivity index (χ1v) is 10.0. The number of hydrogen-bond acceptors (Lipinski definition) is 4. The molecule has 0 saturated carbocycles. The molecule has 0 aromatic heterocycles. The van der Waals surface area contributed by atoms with Gasteiger partial charge >= 0.3 is 0 Å². The molecular weight excluding hydrogens is 417 g/mol. The van der Waals surface area contributed by atoms with Crippen molar-refractivity contribution in [3.05, 3.63) is 117 Å². The van der Waals surface area contributed by atoms with Crippen LogP contribution < -0.4 is 5.32 Å². The lowest BCUT2D eigenvalue weighted by atomic mass is 9.92. The average molecular weight is 434 g/mol. The van der Waals surface area contributed by atoms with E-state index >= 15 is 0 Å². The monoisotopic (exact) mass is 433 g/mol. The molecule has 0 aliphatic heterocycles. The van der Waals surface area contributed by atoms with Gasteiger partial charge in [0, 0.05) is 29.7 Å². The van der Waals surface area contributed by atoms with Gasteiger partial charge in [0.2, 0.25) is 11.6 Å². The van der Waals surface area contributed by atoms with E-state index in [9.17, 15) is 18.8 Å². The Balaban J connectivity index is 1.43. The zero-order valence-electron chi connectivity index (χ0n) is 16.3. The Morgan fingerprint density at radius 3 is 2.03 bits per heavy atom. The van der Waals surface area contributed by atoms with Crippen LogP contribution in [0.5, 0.6) is 0 Å². The molecule has 0 atom stereocenters. The highest BCUT2D eigenvalue weighted by atomic mass is 35.5. The molecule has 0 saturated heterocycles. The summed E-state index contributed by atoms with van der Waals surface area (Å²) in [5, 5.41) is 2.83. The van der Waals surface area contributed by atoms with Crippen LogP contribution in [0.2, 0.25) is 0 Å². The predicted molar refractivity (Wildman–Crippen MR) is 116 cm³/mol. The van der Waals surface area contributed by atoms with Gasteiger partial charge in [-0.15, -0.1) is 0 Å². The van der Waals surface area contributed by atoms with Crippen LogP contribution in [0.3, 0.4) is 0 Å². The highest BCUT2D eigenvalue weighted by molar-refractivity contribution is 6.49. The van der Waals surface area contributed by atoms with E-state index in [1.807, 2.05) is 0 Å². The Hall–Kier alpha value is -3.57. The number of nitrogens with one attached hydrogen (secondary N) is 1. The number of carbonyl (C=O) groups is 3. The topological polar surface area (TPSA) is 63.2 Å². The van der Waals surface area contributed by atoms with Crippen molar-refractivity contribution in [3.8, 4) is 0 Å². The number of fused-ring (bicyclic) bond motifs is 1. The zero-order chi connectivity index (χ0) is 22.0. The molecule has 0 heterocycles. The standard InChI is InChI=1S/C25H17ClFNO3/c26-22-23(25(31)20-4-2-1-3-19(20)24(22)30)28-14-16-5-9-17(10-6-16)21(29)13-15-7-11-18(27)12-8-15/h1-12,28H,13-14H2. The summed E-state index contributed by atoms with van der Waals surface area (Å²) in [4.78, 5) is 37.6. The molecule has 0 spiro atoms. The SMILES string of the molecule is O=C(Cc1ccc(F)cc1)c1ccc(CNC2=C(Cl)C(=O)c3ccccc3C2=O)cc1. The van der Waals surface area contributed by atoms with Gasteiger partial charge in [0.05, 0.1) is 0 Å². The van der Waals surface area contributed by atoms with Crippen LogP contribution in [0.25, 0.3) is 0 Å². The Bertz CT molecular complexity index is 1210. The molecule has 1 aliphatic rings. The van der Waals surface area contributed by atoms with Crippen molar-refractivity contribution in [2.24, 2.45) is 0 Å². The molecule has 3 aromatic carbocycles. The minimum absolute atomic E-state index is 0.0711. The van der Waals surface area contributed by atoms with Gasteiger partial charge in [-0.25, -0.2) is 4.39 Å². The van der Waals surface area contributed by atoms with E-state index in [4.69, 9.17) is 11.6 Å². The zero-order valence-corrected chi connectivity index (χ0v) is 17.1. The lowest BCUT2D eigenvalue weighted by molar-refractivity contribution is 0.0974. The van der Waals surface area contributed by atoms with Gasteiger partial charge in [0.15, 0.2) is 5.78 Å². The number of carbonyl (C=O) groups excluding carboxylic acids is 3. The Morgan fingerprint density at radius 2 is 1.39 bits per heavy atom. The van der Waals surface area contributed by atoms with Crippen LogP contribution in [0, 0.1) is 5.82 Å². The van der Waals surface area contributed by atoms with Crippen LogP contribution in [0.15, 0.2) is 83.5 Å². The van der Waals surface area contributed by atoms with E-state index in [1.165, 1.54) is 12.1 Å². The van der Waals surface area contributed by atoms with Crippen LogP contribution in [-0.2, 0) is 13.0 Å². The van der Waals surface area contributed by atoms with Crippen molar-refractivity contribution in [2.75, 3.05) is 0 Å². The van der Waals surface area contributed by atoms with Gasteiger partial charge in [0.1, 0.15) is 16.5 Å². The Kier molecular flexibility index (Phi) is 5.78. The highest BCUT2D eigenvalue weighted by Crippen LogP contribution is 2.27. The first-order valence-electron chi connectivity index (χ1n) is 9.62. The van der Waals surface area contributed by atoms with Crippen molar-refractivity contribution in [2.45, 2.75) is 13.0 Å². The number of benzene rings is 3. The van der Waals surface area contributed by atoms with Crippen molar-refractivity contribution in [1.82, 2.24) is 5.32 Å². The molecule has 0 fully saturated rings. The third-order valence-corrected chi connectivity index (χ3v) is 5.45. The molecule has 0 amide bonds. The third-order valence-electron chi connectivity index (χ3n) is 5.09. The maximum atomic E-state index is 13.0. The lowest BCUT2D eigenvalue weighted by Gasteiger charge is -2.19. The summed E-state index contributed by atoms with van der Waals surface area (Å²) >= 11 is 6.15. The largest absolute Gasteiger partial charge is 0.376 e. The molecule has 0 unspecified atom stereocenters. The van der Waals surface area contributed by atoms with E-state index in [0.717, 1.165) is 11.1 Å². The number of ketones is 3. The molecule has 154 valence electrons. The van der Waals surface area contributed by atoms with Crippen LogP contribution >= 0.6 is 11.6 Å². The predicted octanol–water partition coefficient (Wildman–Crippen LogP) is 4.87. The number of hydrogen-bond donors (Lipinski definition) is 1. The fourth-order valence-corrected chi connectivity index (χ4v) is 3.65. The minimum atomic E-state index is -0.388. The maximum Gasteiger partial charge on any atom is 0.211 e. The lowest BCUT2D eigenvalue weighted by Crippen LogP contribution is -2.28. The minimum Gasteiger partial charge on any atom is -0.376 e. The second-order valence-corrected chi connectivity index (χ2v) is 7.55. The fourth-order valence-electron chi connectivity index (χ4n) is 3.39. The molecule has 31 heavy (non-hydrogen) atoms. The first kappa shape index (κ1) is 20.7. The number of halogens is 2. The fraction of sp³-hybridized carbons (Fsp3) is 0.0800. The van der Waals surface area contributed by atoms with Gasteiger partial charge in [-0.1, -0.05) is 72.3 Å². The van der Waals surface area contributed by atoms with E-state index < -0.39 is 0 Å². The highest BCUT2D eigenvalue weighted by Gasteiger charge is 2.30. The molecule has 4 nitrogen and oxygen atoms in total. The van der Waals surface area contributed by atoms with Crippen molar-refractivity contribution < 1.29 is 18.8 Å². The van der Waals surface area contributed by atoms with Crippen LogP contribution in [0.1, 0.15) is 42.2 Å². The van der Waals surface area contributed by atoms with Gasteiger partial charge in [-0.05, 0) is 23.3 Å². The van der Waals surface area contributed by atoms with E-state index in [0.29, 0.717) is 16.7 Å². The van der Waals surface area contributed by atoms with Crippen molar-refractivity contribution in [3.63, 3.8) is 0 Å². The van der Waals surface area contributed by atoms with Gasteiger partial charge in [-0.2, -0.15) is 0 Å². The van der Waals surface area contributed by atoms with Crippen LogP contribution in [-0.4, -0.2) is 17.3 Å². The van der Waals surface area contributed by atoms with Gasteiger partial charge in [0.25, 0.3) is 0 Å². The summed E-state index contributed by atoms with van der Waals surface area (Å²) in [6.45, 7) is 0.263. The van der Waals surface area contributed by atoms with Gasteiger partial charge in [-0.3, -0.25) is 14.4 Å². The molecule has 0 bridgehead atoms. The summed E-state index contributed by atoms with van der Waals surface area (Å²) in [7, 11) is 0. The number of rotatable bonds is 6. The summed E-state index contributed by atoms with van der Waals surface area (Å²) in [6.07, 6.45) is 0.177. The summed E-state index contributed by atoms with van der Waals surface area (Å²) in [5.74, 6) is -1.14. The normalized spacial score (nSPS) is 13.2. The molecule has 4 rings (SSSR count). The third kappa shape index (κ3) is 4.32. The van der Waals surface area contributed by atoms with E-state index in [2.05, 4.69) is 5.32 Å². The summed E-state index contributed by atoms with van der Waals surface area (Å²) in [5.41, 5.74) is 2.77. The smallest absolute Gasteiger partial charge is 0.211 e. The second kappa shape index (κ2) is 8.66. The van der Waals surface area contributed by atoms with Gasteiger partial charge < -0.3 is 5.32 Å². The van der Waals surface area contributed by atoms with Crippen LogP contribution in [0.4, 0.5) is 4.39 Å². The van der Waals surface area contributed by atoms with E-state index in [-0.39, 0.29) is 46.9 Å². The first-order chi connectivity index (χ1) is 14.9. The average Bonchev–Trinajstić information content (AvgIpc) is 2.79. The maximum absolute atomic E-state index is 13.0. The molecule has 3 aromatic rings. The summed E-state index contributed by atoms with van der Waals surface area (Å²) < 4.78 is 13.0. The Morgan fingerprint density at radius 1 is 0.806 bits per heavy atom. The molecule has 6 heteroatoms. The molecule has 1 aliphatic carbocycles.